The topological polar surface area (TPSA) is 80.9 Å². The molecule has 0 aliphatic rings. The molecule has 0 radical (unpaired) electrons. The molecule has 1 N–H and O–H groups in total. The molecule has 2 heterocycles. The molecule has 8 heteroatoms. The van der Waals surface area contributed by atoms with Crippen LogP contribution >= 0.6 is 23.1 Å². The molecule has 0 atom stereocenters. The summed E-state index contributed by atoms with van der Waals surface area (Å²) in [4.78, 5) is 10.4. The largest absolute Gasteiger partial charge is 0.481 e. The SMILES string of the molecule is CCCCn1ccc(-c2nnc(SCCC(=O)O)s2)n1. The first-order chi connectivity index (χ1) is 9.69. The molecule has 0 aliphatic heterocycles. The first-order valence-corrected chi connectivity index (χ1v) is 8.21. The summed E-state index contributed by atoms with van der Waals surface area (Å²) in [5.74, 6) is -0.286. The van der Waals surface area contributed by atoms with E-state index in [0.717, 1.165) is 34.4 Å². The number of aromatic nitrogens is 4. The Balaban J connectivity index is 1.94. The summed E-state index contributed by atoms with van der Waals surface area (Å²) in [5, 5.41) is 22.0. The predicted octanol–water partition coefficient (Wildman–Crippen LogP) is 2.77. The van der Waals surface area contributed by atoms with E-state index in [1.165, 1.54) is 23.1 Å². The first-order valence-electron chi connectivity index (χ1n) is 6.41. The molecule has 0 saturated heterocycles. The van der Waals surface area contributed by atoms with Gasteiger partial charge in [0.1, 0.15) is 5.69 Å². The minimum Gasteiger partial charge on any atom is -0.481 e. The van der Waals surface area contributed by atoms with E-state index in [9.17, 15) is 4.79 Å². The van der Waals surface area contributed by atoms with Crippen LogP contribution in [-0.4, -0.2) is 36.8 Å². The molecular weight excluding hydrogens is 296 g/mol. The van der Waals surface area contributed by atoms with Crippen molar-refractivity contribution in [3.8, 4) is 10.7 Å². The number of carbonyl (C=O) groups is 1. The summed E-state index contributed by atoms with van der Waals surface area (Å²) in [5.41, 5.74) is 0.823. The number of hydrogen-bond acceptors (Lipinski definition) is 6. The molecular formula is C12H16N4O2S2. The Hall–Kier alpha value is -1.41. The van der Waals surface area contributed by atoms with Crippen LogP contribution in [0.3, 0.4) is 0 Å². The van der Waals surface area contributed by atoms with E-state index in [2.05, 4.69) is 22.2 Å². The lowest BCUT2D eigenvalue weighted by Gasteiger charge is -1.97. The van der Waals surface area contributed by atoms with E-state index in [-0.39, 0.29) is 6.42 Å². The van der Waals surface area contributed by atoms with Gasteiger partial charge in [-0.05, 0) is 12.5 Å². The highest BCUT2D eigenvalue weighted by atomic mass is 32.2. The molecule has 2 rings (SSSR count). The van der Waals surface area contributed by atoms with Gasteiger partial charge in [0, 0.05) is 18.5 Å². The molecule has 0 spiro atoms. The molecule has 108 valence electrons. The quantitative estimate of drug-likeness (QED) is 0.755. The Labute approximate surface area is 125 Å². The van der Waals surface area contributed by atoms with Crippen molar-refractivity contribution < 1.29 is 9.90 Å². The highest BCUT2D eigenvalue weighted by Gasteiger charge is 2.10. The number of unbranched alkanes of at least 4 members (excludes halogenated alkanes) is 1. The molecule has 2 aromatic heterocycles. The van der Waals surface area contributed by atoms with Gasteiger partial charge < -0.3 is 5.11 Å². The molecule has 20 heavy (non-hydrogen) atoms. The summed E-state index contributed by atoms with van der Waals surface area (Å²) in [6.07, 6.45) is 4.32. The monoisotopic (exact) mass is 312 g/mol. The molecule has 0 saturated carbocycles. The van der Waals surface area contributed by atoms with Gasteiger partial charge in [-0.1, -0.05) is 36.4 Å². The van der Waals surface area contributed by atoms with E-state index >= 15 is 0 Å². The molecule has 0 unspecified atom stereocenters. The number of carboxylic acids is 1. The minimum absolute atomic E-state index is 0.130. The number of carboxylic acid groups (broad SMARTS) is 1. The van der Waals surface area contributed by atoms with Gasteiger partial charge in [0.25, 0.3) is 0 Å². The third-order valence-corrected chi connectivity index (χ3v) is 4.63. The van der Waals surface area contributed by atoms with Gasteiger partial charge >= 0.3 is 5.97 Å². The lowest BCUT2D eigenvalue weighted by atomic mass is 10.3. The number of thioether (sulfide) groups is 1. The molecule has 2 aromatic rings. The highest BCUT2D eigenvalue weighted by Crippen LogP contribution is 2.28. The van der Waals surface area contributed by atoms with Crippen LogP contribution in [0.5, 0.6) is 0 Å². The van der Waals surface area contributed by atoms with Crippen molar-refractivity contribution in [3.63, 3.8) is 0 Å². The van der Waals surface area contributed by atoms with Crippen molar-refractivity contribution in [1.82, 2.24) is 20.0 Å². The lowest BCUT2D eigenvalue weighted by Crippen LogP contribution is -1.97. The Morgan fingerprint density at radius 1 is 1.50 bits per heavy atom. The summed E-state index contributed by atoms with van der Waals surface area (Å²) in [6, 6.07) is 1.93. The molecule has 0 amide bonds. The highest BCUT2D eigenvalue weighted by molar-refractivity contribution is 8.01. The van der Waals surface area contributed by atoms with Crippen LogP contribution < -0.4 is 0 Å². The van der Waals surface area contributed by atoms with Crippen molar-refractivity contribution >= 4 is 29.1 Å². The Bertz CT molecular complexity index is 567. The van der Waals surface area contributed by atoms with Crippen LogP contribution in [0.2, 0.25) is 0 Å². The van der Waals surface area contributed by atoms with E-state index in [1.54, 1.807) is 0 Å². The fourth-order valence-corrected chi connectivity index (χ4v) is 3.33. The molecule has 0 aliphatic carbocycles. The first kappa shape index (κ1) is 15.0. The van der Waals surface area contributed by atoms with Gasteiger partial charge in [-0.3, -0.25) is 9.48 Å². The van der Waals surface area contributed by atoms with Crippen LogP contribution in [0.1, 0.15) is 26.2 Å². The predicted molar refractivity (Wildman–Crippen MR) is 79.0 cm³/mol. The van der Waals surface area contributed by atoms with Crippen molar-refractivity contribution in [2.24, 2.45) is 0 Å². The van der Waals surface area contributed by atoms with Crippen molar-refractivity contribution in [3.05, 3.63) is 12.3 Å². The van der Waals surface area contributed by atoms with Crippen LogP contribution in [0.15, 0.2) is 16.6 Å². The average Bonchev–Trinajstić information content (AvgIpc) is 3.04. The normalized spacial score (nSPS) is 10.8. The zero-order chi connectivity index (χ0) is 14.4. The number of nitrogens with zero attached hydrogens (tertiary/aromatic N) is 4. The van der Waals surface area contributed by atoms with Crippen LogP contribution in [0.25, 0.3) is 10.7 Å². The minimum atomic E-state index is -0.795. The van der Waals surface area contributed by atoms with Gasteiger partial charge in [0.15, 0.2) is 9.35 Å². The smallest absolute Gasteiger partial charge is 0.304 e. The van der Waals surface area contributed by atoms with Gasteiger partial charge in [-0.25, -0.2) is 0 Å². The van der Waals surface area contributed by atoms with Gasteiger partial charge in [0.05, 0.1) is 6.42 Å². The second-order valence-corrected chi connectivity index (χ2v) is 6.50. The van der Waals surface area contributed by atoms with Gasteiger partial charge in [0.2, 0.25) is 0 Å². The summed E-state index contributed by atoms with van der Waals surface area (Å²) >= 11 is 2.86. The number of rotatable bonds is 8. The van der Waals surface area contributed by atoms with Crippen molar-refractivity contribution in [2.75, 3.05) is 5.75 Å². The standard InChI is InChI=1S/C12H16N4O2S2/c1-2-3-6-16-7-4-9(15-16)11-13-14-12(20-11)19-8-5-10(17)18/h4,7H,2-3,5-6,8H2,1H3,(H,17,18). The van der Waals surface area contributed by atoms with Crippen LogP contribution in [0.4, 0.5) is 0 Å². The Morgan fingerprint density at radius 2 is 2.35 bits per heavy atom. The maximum absolute atomic E-state index is 10.4. The summed E-state index contributed by atoms with van der Waals surface area (Å²) in [6.45, 7) is 3.06. The zero-order valence-corrected chi connectivity index (χ0v) is 12.8. The van der Waals surface area contributed by atoms with E-state index in [4.69, 9.17) is 5.11 Å². The third-order valence-electron chi connectivity index (χ3n) is 2.55. The molecule has 0 bridgehead atoms. The number of hydrogen-bond donors (Lipinski definition) is 1. The second-order valence-electron chi connectivity index (χ2n) is 4.18. The molecule has 0 fully saturated rings. The summed E-state index contributed by atoms with van der Waals surface area (Å²) < 4.78 is 2.70. The zero-order valence-electron chi connectivity index (χ0n) is 11.2. The van der Waals surface area contributed by atoms with Crippen molar-refractivity contribution in [2.45, 2.75) is 37.1 Å². The maximum Gasteiger partial charge on any atom is 0.304 e. The summed E-state index contributed by atoms with van der Waals surface area (Å²) in [7, 11) is 0. The average molecular weight is 312 g/mol. The molecule has 0 aromatic carbocycles. The Kier molecular flexibility index (Phi) is 5.54. The molecule has 6 nitrogen and oxygen atoms in total. The van der Waals surface area contributed by atoms with E-state index in [1.807, 2.05) is 16.9 Å². The fourth-order valence-electron chi connectivity index (χ4n) is 1.52. The maximum atomic E-state index is 10.4. The third kappa shape index (κ3) is 4.31. The van der Waals surface area contributed by atoms with E-state index < -0.39 is 5.97 Å². The Morgan fingerprint density at radius 3 is 3.10 bits per heavy atom. The fraction of sp³-hybridized carbons (Fsp3) is 0.500. The number of aliphatic carboxylic acids is 1. The van der Waals surface area contributed by atoms with Crippen LogP contribution in [0, 0.1) is 0 Å². The van der Waals surface area contributed by atoms with E-state index in [0.29, 0.717) is 5.75 Å². The lowest BCUT2D eigenvalue weighted by molar-refractivity contribution is -0.136. The second kappa shape index (κ2) is 7.39. The van der Waals surface area contributed by atoms with Crippen LogP contribution in [-0.2, 0) is 11.3 Å². The number of aryl methyl sites for hydroxylation is 1. The van der Waals surface area contributed by atoms with Crippen molar-refractivity contribution in [1.29, 1.82) is 0 Å². The van der Waals surface area contributed by atoms with Gasteiger partial charge in [-0.15, -0.1) is 10.2 Å². The van der Waals surface area contributed by atoms with Gasteiger partial charge in [-0.2, -0.15) is 5.10 Å².